The van der Waals surface area contributed by atoms with E-state index in [2.05, 4.69) is 27.2 Å². The fraction of sp³-hybridized carbons (Fsp3) is 0.615. The fourth-order valence-electron chi connectivity index (χ4n) is 2.80. The summed E-state index contributed by atoms with van der Waals surface area (Å²) >= 11 is 1.49. The van der Waals surface area contributed by atoms with Gasteiger partial charge in [0, 0.05) is 13.1 Å². The minimum Gasteiger partial charge on any atom is -0.355 e. The lowest BCUT2D eigenvalue weighted by Gasteiger charge is -2.33. The summed E-state index contributed by atoms with van der Waals surface area (Å²) in [6, 6.07) is 0.525. The molecule has 19 heavy (non-hydrogen) atoms. The average molecular weight is 278 g/mol. The number of aromatic nitrogens is 2. The van der Waals surface area contributed by atoms with Crippen LogP contribution in [0.25, 0.3) is 0 Å². The Hall–Kier alpha value is -1.30. The van der Waals surface area contributed by atoms with Crippen molar-refractivity contribution in [2.24, 2.45) is 0 Å². The largest absolute Gasteiger partial charge is 0.355 e. The van der Waals surface area contributed by atoms with Crippen molar-refractivity contribution in [3.8, 4) is 0 Å². The first-order valence-corrected chi connectivity index (χ1v) is 7.75. The van der Waals surface area contributed by atoms with Gasteiger partial charge >= 0.3 is 0 Å². The van der Waals surface area contributed by atoms with Gasteiger partial charge in [0.05, 0.1) is 5.75 Å². The van der Waals surface area contributed by atoms with Crippen molar-refractivity contribution in [2.45, 2.75) is 43.2 Å². The molecular formula is C13H18N4OS. The Labute approximate surface area is 117 Å². The van der Waals surface area contributed by atoms with Gasteiger partial charge in [-0.25, -0.2) is 9.97 Å². The number of hydrogen-bond donors (Lipinski definition) is 1. The van der Waals surface area contributed by atoms with Gasteiger partial charge in [0.1, 0.15) is 17.0 Å². The number of anilines is 2. The van der Waals surface area contributed by atoms with E-state index in [1.807, 2.05) is 0 Å². The van der Waals surface area contributed by atoms with E-state index >= 15 is 0 Å². The minimum atomic E-state index is 0.0330. The molecule has 2 heterocycles. The number of fused-ring (bicyclic) bond motifs is 1. The van der Waals surface area contributed by atoms with Gasteiger partial charge in [0.15, 0.2) is 5.82 Å². The summed E-state index contributed by atoms with van der Waals surface area (Å²) in [6.45, 7) is 0. The molecule has 0 saturated heterocycles. The Morgan fingerprint density at radius 1 is 1.32 bits per heavy atom. The third-order valence-corrected chi connectivity index (χ3v) is 4.84. The van der Waals surface area contributed by atoms with Gasteiger partial charge in [-0.2, -0.15) is 0 Å². The summed E-state index contributed by atoms with van der Waals surface area (Å²) in [4.78, 5) is 22.4. The van der Waals surface area contributed by atoms with Crippen LogP contribution in [0, 0.1) is 0 Å². The van der Waals surface area contributed by atoms with Gasteiger partial charge in [-0.1, -0.05) is 31.0 Å². The summed E-state index contributed by atoms with van der Waals surface area (Å²) < 4.78 is 0. The molecular weight excluding hydrogens is 260 g/mol. The van der Waals surface area contributed by atoms with Crippen LogP contribution < -0.4 is 10.2 Å². The molecule has 1 aliphatic heterocycles. The molecule has 0 aromatic carbocycles. The molecule has 0 spiro atoms. The van der Waals surface area contributed by atoms with Crippen LogP contribution in [0.1, 0.15) is 32.1 Å². The molecule has 1 aromatic rings. The Balaban J connectivity index is 1.89. The highest BCUT2D eigenvalue weighted by atomic mass is 32.2. The predicted molar refractivity (Wildman–Crippen MR) is 76.7 cm³/mol. The van der Waals surface area contributed by atoms with E-state index in [-0.39, 0.29) is 5.91 Å². The van der Waals surface area contributed by atoms with Gasteiger partial charge in [0.25, 0.3) is 0 Å². The maximum absolute atomic E-state index is 11.6. The van der Waals surface area contributed by atoms with Crippen LogP contribution >= 0.6 is 11.8 Å². The first kappa shape index (κ1) is 12.7. The van der Waals surface area contributed by atoms with Crippen molar-refractivity contribution >= 4 is 29.2 Å². The first-order valence-electron chi connectivity index (χ1n) is 6.76. The second-order valence-corrected chi connectivity index (χ2v) is 6.08. The highest BCUT2D eigenvalue weighted by Crippen LogP contribution is 2.37. The molecule has 102 valence electrons. The third kappa shape index (κ3) is 2.54. The molecule has 1 aliphatic carbocycles. The van der Waals surface area contributed by atoms with E-state index in [0.717, 1.165) is 16.5 Å². The molecule has 2 aliphatic rings. The zero-order valence-electron chi connectivity index (χ0n) is 11.1. The molecule has 0 atom stereocenters. The van der Waals surface area contributed by atoms with E-state index in [0.29, 0.717) is 11.8 Å². The number of rotatable bonds is 2. The monoisotopic (exact) mass is 278 g/mol. The number of nitrogens with one attached hydrogen (secondary N) is 1. The van der Waals surface area contributed by atoms with E-state index in [9.17, 15) is 4.79 Å². The lowest BCUT2D eigenvalue weighted by atomic mass is 9.94. The van der Waals surface area contributed by atoms with Crippen molar-refractivity contribution < 1.29 is 4.79 Å². The van der Waals surface area contributed by atoms with Crippen molar-refractivity contribution in [1.82, 2.24) is 9.97 Å². The predicted octanol–water partition coefficient (Wildman–Crippen LogP) is 2.29. The smallest absolute Gasteiger partial charge is 0.234 e. The molecule has 0 bridgehead atoms. The maximum atomic E-state index is 11.6. The summed E-state index contributed by atoms with van der Waals surface area (Å²) in [7, 11) is 2.07. The number of amides is 1. The molecule has 1 amide bonds. The van der Waals surface area contributed by atoms with Crippen LogP contribution in [0.15, 0.2) is 11.4 Å². The quantitative estimate of drug-likeness (QED) is 0.841. The molecule has 0 radical (unpaired) electrons. The highest BCUT2D eigenvalue weighted by Gasteiger charge is 2.26. The highest BCUT2D eigenvalue weighted by molar-refractivity contribution is 8.00. The standard InChI is InChI=1S/C13H18N4OS/c1-17(9-5-3-2-4-6-9)12-11-13(15-8-14-12)19-7-10(18)16-11/h8-9H,2-7H2,1H3,(H,16,18). The van der Waals surface area contributed by atoms with Crippen LogP contribution in [0.3, 0.4) is 0 Å². The SMILES string of the molecule is CN(c1ncnc2c1NC(=O)CS2)C1CCCCC1. The molecule has 1 fully saturated rings. The van der Waals surface area contributed by atoms with Gasteiger partial charge in [-0.15, -0.1) is 0 Å². The van der Waals surface area contributed by atoms with Crippen LogP contribution in [-0.4, -0.2) is 34.7 Å². The van der Waals surface area contributed by atoms with Gasteiger partial charge < -0.3 is 10.2 Å². The summed E-state index contributed by atoms with van der Waals surface area (Å²) in [5, 5.41) is 3.80. The lowest BCUT2D eigenvalue weighted by Crippen LogP contribution is -2.35. The Morgan fingerprint density at radius 2 is 2.11 bits per heavy atom. The Kier molecular flexibility index (Phi) is 3.59. The van der Waals surface area contributed by atoms with E-state index in [1.165, 1.54) is 43.9 Å². The maximum Gasteiger partial charge on any atom is 0.234 e. The van der Waals surface area contributed by atoms with E-state index in [4.69, 9.17) is 0 Å². The number of carbonyl (C=O) groups is 1. The normalized spacial score (nSPS) is 19.7. The number of hydrogen-bond acceptors (Lipinski definition) is 5. The third-order valence-electron chi connectivity index (χ3n) is 3.85. The summed E-state index contributed by atoms with van der Waals surface area (Å²) in [5.74, 6) is 1.33. The van der Waals surface area contributed by atoms with Crippen LogP contribution in [-0.2, 0) is 4.79 Å². The van der Waals surface area contributed by atoms with Crippen LogP contribution in [0.5, 0.6) is 0 Å². The Morgan fingerprint density at radius 3 is 2.89 bits per heavy atom. The van der Waals surface area contributed by atoms with E-state index < -0.39 is 0 Å². The second-order valence-electron chi connectivity index (χ2n) is 5.12. The fourth-order valence-corrected chi connectivity index (χ4v) is 3.55. The molecule has 5 nitrogen and oxygen atoms in total. The van der Waals surface area contributed by atoms with Crippen molar-refractivity contribution in [1.29, 1.82) is 0 Å². The van der Waals surface area contributed by atoms with Gasteiger partial charge in [-0.3, -0.25) is 4.79 Å². The molecule has 1 saturated carbocycles. The van der Waals surface area contributed by atoms with Gasteiger partial charge in [-0.05, 0) is 12.8 Å². The minimum absolute atomic E-state index is 0.0330. The molecule has 6 heteroatoms. The van der Waals surface area contributed by atoms with Gasteiger partial charge in [0.2, 0.25) is 5.91 Å². The van der Waals surface area contributed by atoms with Crippen LogP contribution in [0.4, 0.5) is 11.5 Å². The molecule has 1 N–H and O–H groups in total. The molecule has 1 aromatic heterocycles. The van der Waals surface area contributed by atoms with Crippen LogP contribution in [0.2, 0.25) is 0 Å². The second kappa shape index (κ2) is 5.36. The zero-order chi connectivity index (χ0) is 13.2. The molecule has 0 unspecified atom stereocenters. The number of carbonyl (C=O) groups excluding carboxylic acids is 1. The lowest BCUT2D eigenvalue weighted by molar-refractivity contribution is -0.113. The summed E-state index contributed by atoms with van der Waals surface area (Å²) in [6.07, 6.45) is 7.90. The zero-order valence-corrected chi connectivity index (χ0v) is 11.9. The average Bonchev–Trinajstić information content (AvgIpc) is 2.47. The topological polar surface area (TPSA) is 58.1 Å². The van der Waals surface area contributed by atoms with Crippen molar-refractivity contribution in [3.05, 3.63) is 6.33 Å². The number of nitrogens with zero attached hydrogens (tertiary/aromatic N) is 3. The Bertz CT molecular complexity index is 488. The molecule has 3 rings (SSSR count). The number of thioether (sulfide) groups is 1. The van der Waals surface area contributed by atoms with Crippen molar-refractivity contribution in [2.75, 3.05) is 23.0 Å². The van der Waals surface area contributed by atoms with E-state index in [1.54, 1.807) is 6.33 Å². The first-order chi connectivity index (χ1) is 9.25. The van der Waals surface area contributed by atoms with Crippen molar-refractivity contribution in [3.63, 3.8) is 0 Å². The summed E-state index contributed by atoms with van der Waals surface area (Å²) in [5.41, 5.74) is 0.789.